The number of rotatable bonds is 6. The number of hydrogen-bond acceptors (Lipinski definition) is 3. The van der Waals surface area contributed by atoms with Gasteiger partial charge < -0.3 is 10.1 Å². The van der Waals surface area contributed by atoms with Crippen LogP contribution >= 0.6 is 11.8 Å². The van der Waals surface area contributed by atoms with Crippen LogP contribution in [0.1, 0.15) is 40.0 Å². The van der Waals surface area contributed by atoms with Crippen molar-refractivity contribution in [3.05, 3.63) is 0 Å². The molecule has 0 bridgehead atoms. The minimum absolute atomic E-state index is 0.105. The lowest BCUT2D eigenvalue weighted by molar-refractivity contribution is -0.0149. The van der Waals surface area contributed by atoms with Gasteiger partial charge in [0.05, 0.1) is 11.7 Å². The lowest BCUT2D eigenvalue weighted by atomic mass is 10.1. The predicted molar refractivity (Wildman–Crippen MR) is 68.6 cm³/mol. The fourth-order valence-corrected chi connectivity index (χ4v) is 2.80. The summed E-state index contributed by atoms with van der Waals surface area (Å²) < 4.78 is 5.95. The molecule has 0 amide bonds. The molecule has 0 aromatic rings. The molecule has 1 heterocycles. The summed E-state index contributed by atoms with van der Waals surface area (Å²) >= 11 is 1.91. The van der Waals surface area contributed by atoms with Crippen LogP contribution in [0.2, 0.25) is 0 Å². The highest BCUT2D eigenvalue weighted by atomic mass is 32.2. The molecule has 90 valence electrons. The Hall–Kier alpha value is 0.270. The third kappa shape index (κ3) is 4.75. The number of nitrogens with one attached hydrogen (secondary N) is 1. The average Bonchev–Trinajstić information content (AvgIpc) is 2.53. The van der Waals surface area contributed by atoms with Gasteiger partial charge in [0, 0.05) is 18.3 Å². The number of thioether (sulfide) groups is 1. The van der Waals surface area contributed by atoms with E-state index >= 15 is 0 Å². The summed E-state index contributed by atoms with van der Waals surface area (Å²) in [5.41, 5.74) is 0.105. The first-order valence-corrected chi connectivity index (χ1v) is 7.37. The van der Waals surface area contributed by atoms with Gasteiger partial charge in [0.25, 0.3) is 0 Å². The van der Waals surface area contributed by atoms with Gasteiger partial charge in [-0.25, -0.2) is 0 Å². The normalized spacial score (nSPS) is 26.8. The summed E-state index contributed by atoms with van der Waals surface area (Å²) in [5.74, 6) is 1.20. The van der Waals surface area contributed by atoms with Crippen molar-refractivity contribution >= 4 is 11.8 Å². The average molecular weight is 231 g/mol. The van der Waals surface area contributed by atoms with Crippen LogP contribution in [0.3, 0.4) is 0 Å². The minimum Gasteiger partial charge on any atom is -0.371 e. The summed E-state index contributed by atoms with van der Waals surface area (Å²) in [5, 5.41) is 3.60. The van der Waals surface area contributed by atoms with Gasteiger partial charge in [-0.2, -0.15) is 11.8 Å². The van der Waals surface area contributed by atoms with E-state index in [0.29, 0.717) is 12.1 Å². The molecule has 1 N–H and O–H groups in total. The molecular weight excluding hydrogens is 206 g/mol. The van der Waals surface area contributed by atoms with Crippen LogP contribution in [0, 0.1) is 0 Å². The van der Waals surface area contributed by atoms with Gasteiger partial charge in [-0.05, 0) is 39.4 Å². The van der Waals surface area contributed by atoms with Gasteiger partial charge in [0.1, 0.15) is 0 Å². The quantitative estimate of drug-likeness (QED) is 0.759. The first kappa shape index (κ1) is 13.3. The van der Waals surface area contributed by atoms with E-state index in [9.17, 15) is 0 Å². The van der Waals surface area contributed by atoms with Crippen molar-refractivity contribution in [3.63, 3.8) is 0 Å². The predicted octanol–water partition coefficient (Wildman–Crippen LogP) is 2.68. The fourth-order valence-electron chi connectivity index (χ4n) is 2.04. The van der Waals surface area contributed by atoms with Crippen molar-refractivity contribution in [1.29, 1.82) is 0 Å². The van der Waals surface area contributed by atoms with Gasteiger partial charge in [-0.1, -0.05) is 6.92 Å². The van der Waals surface area contributed by atoms with Crippen molar-refractivity contribution in [2.24, 2.45) is 0 Å². The maximum Gasteiger partial charge on any atom is 0.0707 e. The third-order valence-electron chi connectivity index (χ3n) is 3.05. The Morgan fingerprint density at radius 2 is 2.27 bits per heavy atom. The molecule has 2 unspecified atom stereocenters. The van der Waals surface area contributed by atoms with E-state index in [1.165, 1.54) is 25.0 Å². The zero-order valence-corrected chi connectivity index (χ0v) is 11.3. The Kier molecular flexibility index (Phi) is 5.44. The van der Waals surface area contributed by atoms with Crippen molar-refractivity contribution < 1.29 is 4.74 Å². The maximum absolute atomic E-state index is 5.95. The van der Waals surface area contributed by atoms with Crippen LogP contribution < -0.4 is 5.32 Å². The lowest BCUT2D eigenvalue weighted by Gasteiger charge is -2.22. The zero-order chi connectivity index (χ0) is 11.3. The Labute approximate surface area is 98.5 Å². The molecule has 2 nitrogen and oxygen atoms in total. The summed E-state index contributed by atoms with van der Waals surface area (Å²) in [6.45, 7) is 7.63. The number of hydrogen-bond donors (Lipinski definition) is 1. The molecule has 15 heavy (non-hydrogen) atoms. The molecule has 0 spiro atoms. The zero-order valence-electron chi connectivity index (χ0n) is 10.5. The lowest BCUT2D eigenvalue weighted by Crippen LogP contribution is -2.37. The highest BCUT2D eigenvalue weighted by molar-refractivity contribution is 7.98. The van der Waals surface area contributed by atoms with Gasteiger partial charge in [-0.15, -0.1) is 0 Å². The molecule has 1 fully saturated rings. The molecular formula is C12H25NOS. The van der Waals surface area contributed by atoms with E-state index in [1.807, 2.05) is 11.8 Å². The van der Waals surface area contributed by atoms with Crippen molar-refractivity contribution in [3.8, 4) is 0 Å². The molecule has 3 heteroatoms. The van der Waals surface area contributed by atoms with Gasteiger partial charge >= 0.3 is 0 Å². The number of ether oxygens (including phenoxy) is 1. The fraction of sp³-hybridized carbons (Fsp3) is 1.00. The molecule has 0 aromatic carbocycles. The molecule has 1 aliphatic rings. The smallest absolute Gasteiger partial charge is 0.0707 e. The monoisotopic (exact) mass is 231 g/mol. The summed E-state index contributed by atoms with van der Waals surface area (Å²) in [7, 11) is 0. The molecule has 0 aliphatic carbocycles. The van der Waals surface area contributed by atoms with E-state index in [-0.39, 0.29) is 5.60 Å². The summed E-state index contributed by atoms with van der Waals surface area (Å²) in [6, 6.07) is 0.646. The Morgan fingerprint density at radius 3 is 2.73 bits per heavy atom. The Bertz CT molecular complexity index is 184. The second-order valence-electron chi connectivity index (χ2n) is 5.01. The van der Waals surface area contributed by atoms with E-state index in [4.69, 9.17) is 4.74 Å². The van der Waals surface area contributed by atoms with Crippen molar-refractivity contribution in [1.82, 2.24) is 5.32 Å². The summed E-state index contributed by atoms with van der Waals surface area (Å²) in [6.07, 6.45) is 6.20. The van der Waals surface area contributed by atoms with Gasteiger partial charge in [0.2, 0.25) is 0 Å². The second-order valence-corrected chi connectivity index (χ2v) is 5.92. The highest BCUT2D eigenvalue weighted by Gasteiger charge is 2.31. The van der Waals surface area contributed by atoms with Gasteiger partial charge in [0.15, 0.2) is 0 Å². The third-order valence-corrected chi connectivity index (χ3v) is 3.78. The Morgan fingerprint density at radius 1 is 1.53 bits per heavy atom. The molecule has 1 rings (SSSR count). The van der Waals surface area contributed by atoms with Crippen LogP contribution in [0.25, 0.3) is 0 Å². The molecule has 2 atom stereocenters. The molecule has 1 aliphatic heterocycles. The van der Waals surface area contributed by atoms with E-state index < -0.39 is 0 Å². The topological polar surface area (TPSA) is 21.3 Å². The summed E-state index contributed by atoms with van der Waals surface area (Å²) in [4.78, 5) is 0. The first-order chi connectivity index (χ1) is 7.07. The van der Waals surface area contributed by atoms with Crippen LogP contribution in [-0.4, -0.2) is 36.3 Å². The van der Waals surface area contributed by atoms with Crippen LogP contribution in [0.4, 0.5) is 0 Å². The molecule has 1 saturated heterocycles. The van der Waals surface area contributed by atoms with Crippen LogP contribution in [0.15, 0.2) is 0 Å². The largest absolute Gasteiger partial charge is 0.371 e. The maximum atomic E-state index is 5.95. The molecule has 0 aromatic heterocycles. The highest BCUT2D eigenvalue weighted by Crippen LogP contribution is 2.28. The minimum atomic E-state index is 0.105. The van der Waals surface area contributed by atoms with Gasteiger partial charge in [-0.3, -0.25) is 0 Å². The SMILES string of the molecule is CCC(CSC)NCC1CCC(C)(C)O1. The first-order valence-electron chi connectivity index (χ1n) is 5.97. The van der Waals surface area contributed by atoms with Crippen LogP contribution in [0.5, 0.6) is 0 Å². The van der Waals surface area contributed by atoms with E-state index in [2.05, 4.69) is 32.3 Å². The molecule has 0 radical (unpaired) electrons. The van der Waals surface area contributed by atoms with Crippen molar-refractivity contribution in [2.75, 3.05) is 18.6 Å². The second kappa shape index (κ2) is 6.12. The van der Waals surface area contributed by atoms with Crippen molar-refractivity contribution in [2.45, 2.75) is 57.8 Å². The van der Waals surface area contributed by atoms with E-state index in [1.54, 1.807) is 0 Å². The molecule has 0 saturated carbocycles. The van der Waals surface area contributed by atoms with E-state index in [0.717, 1.165) is 6.54 Å². The van der Waals surface area contributed by atoms with Crippen LogP contribution in [-0.2, 0) is 4.74 Å². The standard InChI is InChI=1S/C12H25NOS/c1-5-10(9-15-4)13-8-11-6-7-12(2,3)14-11/h10-11,13H,5-9H2,1-4H3. The Balaban J connectivity index is 2.19.